The number of nitrogens with zero attached hydrogens (tertiary/aromatic N) is 3. The summed E-state index contributed by atoms with van der Waals surface area (Å²) in [4.78, 5) is 26.1. The normalized spacial score (nSPS) is 16.5. The number of carbonyl (C=O) groups is 1. The molecule has 1 aromatic carbocycles. The van der Waals surface area contributed by atoms with Crippen molar-refractivity contribution in [3.8, 4) is 0 Å². The van der Waals surface area contributed by atoms with E-state index in [4.69, 9.17) is 8.83 Å². The molecule has 0 saturated heterocycles. The molecular formula is C20H16F2N4O3. The maximum atomic E-state index is 13.3. The number of hydrogen-bond donors (Lipinski definition) is 1. The van der Waals surface area contributed by atoms with Gasteiger partial charge >= 0.3 is 0 Å². The first kappa shape index (κ1) is 17.6. The van der Waals surface area contributed by atoms with Gasteiger partial charge in [0.25, 0.3) is 5.91 Å². The van der Waals surface area contributed by atoms with Crippen LogP contribution in [0.5, 0.6) is 0 Å². The summed E-state index contributed by atoms with van der Waals surface area (Å²) in [6.45, 7) is 0.352. The zero-order valence-corrected chi connectivity index (χ0v) is 15.1. The number of furan rings is 1. The molecule has 0 fully saturated rings. The minimum Gasteiger partial charge on any atom is -0.458 e. The van der Waals surface area contributed by atoms with Crippen LogP contribution in [0, 0.1) is 0 Å². The van der Waals surface area contributed by atoms with Gasteiger partial charge in [0.1, 0.15) is 17.4 Å². The summed E-state index contributed by atoms with van der Waals surface area (Å²) in [7, 11) is 0. The fourth-order valence-electron chi connectivity index (χ4n) is 3.79. The molecule has 0 saturated carbocycles. The summed E-state index contributed by atoms with van der Waals surface area (Å²) in [5.41, 5.74) is 2.21. The van der Waals surface area contributed by atoms with E-state index in [0.717, 1.165) is 17.5 Å². The second-order valence-electron chi connectivity index (χ2n) is 6.83. The van der Waals surface area contributed by atoms with Crippen molar-refractivity contribution in [3.63, 3.8) is 0 Å². The maximum Gasteiger partial charge on any atom is 0.292 e. The highest BCUT2D eigenvalue weighted by molar-refractivity contribution is 5.93. The third-order valence-corrected chi connectivity index (χ3v) is 5.08. The molecule has 9 heteroatoms. The fourth-order valence-corrected chi connectivity index (χ4v) is 3.79. The molecule has 4 heterocycles. The number of amides is 1. The Balaban J connectivity index is 1.58. The fraction of sp³-hybridized carbons (Fsp3) is 0.250. The summed E-state index contributed by atoms with van der Waals surface area (Å²) in [6, 6.07) is 8.79. The predicted molar refractivity (Wildman–Crippen MR) is 97.6 cm³/mol. The first-order valence-corrected chi connectivity index (χ1v) is 9.14. The van der Waals surface area contributed by atoms with Gasteiger partial charge in [0, 0.05) is 24.0 Å². The Labute approximate surface area is 163 Å². The third-order valence-electron chi connectivity index (χ3n) is 5.08. The number of aromatic nitrogens is 3. The summed E-state index contributed by atoms with van der Waals surface area (Å²) in [5, 5.41) is 0.899. The molecule has 3 aromatic heterocycles. The number of para-hydroxylation sites is 1. The SMILES string of the molecule is O=C(c1ocnc1CC(F)F)N1CCc2[nH]cnc2[C@H]1c1cc2ccccc2o1. The van der Waals surface area contributed by atoms with E-state index >= 15 is 0 Å². The number of rotatable bonds is 4. The number of carbonyl (C=O) groups excluding carboxylic acids is 1. The van der Waals surface area contributed by atoms with Crippen molar-refractivity contribution in [2.24, 2.45) is 0 Å². The molecule has 0 unspecified atom stereocenters. The molecule has 1 aliphatic heterocycles. The van der Waals surface area contributed by atoms with Gasteiger partial charge in [-0.15, -0.1) is 0 Å². The molecule has 1 N–H and O–H groups in total. The van der Waals surface area contributed by atoms with Crippen molar-refractivity contribution in [1.29, 1.82) is 0 Å². The van der Waals surface area contributed by atoms with E-state index in [0.29, 0.717) is 30.0 Å². The van der Waals surface area contributed by atoms with Crippen molar-refractivity contribution in [3.05, 3.63) is 71.7 Å². The molecule has 5 rings (SSSR count). The standard InChI is InChI=1S/C20H16F2N4O3/c21-16(22)8-13-19(28-10-25-13)20(27)26-6-5-12-17(24-9-23-12)18(26)15-7-11-3-1-2-4-14(11)29-15/h1-4,7,9-10,16,18H,5-6,8H2,(H,23,24)/t18-/m1/s1. The lowest BCUT2D eigenvalue weighted by molar-refractivity contribution is 0.0636. The van der Waals surface area contributed by atoms with Gasteiger partial charge in [0.05, 0.1) is 24.1 Å². The molecule has 7 nitrogen and oxygen atoms in total. The van der Waals surface area contributed by atoms with Crippen LogP contribution >= 0.6 is 0 Å². The lowest BCUT2D eigenvalue weighted by atomic mass is 9.99. The lowest BCUT2D eigenvalue weighted by Gasteiger charge is -2.33. The van der Waals surface area contributed by atoms with Crippen LogP contribution in [0.4, 0.5) is 8.78 Å². The van der Waals surface area contributed by atoms with Crippen molar-refractivity contribution < 1.29 is 22.4 Å². The van der Waals surface area contributed by atoms with Gasteiger partial charge in [-0.2, -0.15) is 0 Å². The van der Waals surface area contributed by atoms with Gasteiger partial charge in [-0.05, 0) is 12.1 Å². The minimum absolute atomic E-state index is 0.0545. The van der Waals surface area contributed by atoms with Gasteiger partial charge in [-0.3, -0.25) is 4.79 Å². The van der Waals surface area contributed by atoms with Crippen LogP contribution in [-0.2, 0) is 12.8 Å². The zero-order valence-electron chi connectivity index (χ0n) is 15.1. The molecule has 1 atom stereocenters. The van der Waals surface area contributed by atoms with Crippen LogP contribution in [-0.4, -0.2) is 38.7 Å². The van der Waals surface area contributed by atoms with Gasteiger partial charge in [-0.25, -0.2) is 18.7 Å². The molecular weight excluding hydrogens is 382 g/mol. The summed E-state index contributed by atoms with van der Waals surface area (Å²) in [6.07, 6.45) is -0.127. The van der Waals surface area contributed by atoms with Gasteiger partial charge in [0.15, 0.2) is 6.39 Å². The number of aromatic amines is 1. The smallest absolute Gasteiger partial charge is 0.292 e. The molecule has 1 aliphatic rings. The highest BCUT2D eigenvalue weighted by Crippen LogP contribution is 2.37. The molecule has 4 aromatic rings. The highest BCUT2D eigenvalue weighted by Gasteiger charge is 2.38. The zero-order chi connectivity index (χ0) is 20.0. The number of hydrogen-bond acceptors (Lipinski definition) is 5. The summed E-state index contributed by atoms with van der Waals surface area (Å²) in [5.74, 6) is -0.148. The number of oxazole rings is 1. The molecule has 29 heavy (non-hydrogen) atoms. The number of alkyl halides is 2. The van der Waals surface area contributed by atoms with E-state index in [1.54, 1.807) is 6.33 Å². The highest BCUT2D eigenvalue weighted by atomic mass is 19.3. The quantitative estimate of drug-likeness (QED) is 0.566. The van der Waals surface area contributed by atoms with Crippen molar-refractivity contribution >= 4 is 16.9 Å². The molecule has 148 valence electrons. The van der Waals surface area contributed by atoms with E-state index in [-0.39, 0.29) is 11.5 Å². The Morgan fingerprint density at radius 3 is 3.00 bits per heavy atom. The number of fused-ring (bicyclic) bond motifs is 2. The Morgan fingerprint density at radius 2 is 2.17 bits per heavy atom. The van der Waals surface area contributed by atoms with Gasteiger partial charge in [-0.1, -0.05) is 18.2 Å². The average Bonchev–Trinajstić information content (AvgIpc) is 3.44. The average molecular weight is 398 g/mol. The van der Waals surface area contributed by atoms with Crippen LogP contribution < -0.4 is 0 Å². The van der Waals surface area contributed by atoms with Crippen LogP contribution in [0.3, 0.4) is 0 Å². The number of H-pyrrole nitrogens is 1. The molecule has 0 bridgehead atoms. The maximum absolute atomic E-state index is 13.3. The molecule has 0 aliphatic carbocycles. The van der Waals surface area contributed by atoms with Crippen molar-refractivity contribution in [2.75, 3.05) is 6.54 Å². The number of imidazole rings is 1. The third kappa shape index (κ3) is 2.98. The largest absolute Gasteiger partial charge is 0.458 e. The Hall–Kier alpha value is -3.49. The Bertz CT molecular complexity index is 1150. The molecule has 0 radical (unpaired) electrons. The second kappa shape index (κ2) is 6.84. The first-order chi connectivity index (χ1) is 14.1. The Morgan fingerprint density at radius 1 is 1.31 bits per heavy atom. The van der Waals surface area contributed by atoms with E-state index in [1.807, 2.05) is 30.3 Å². The Kier molecular flexibility index (Phi) is 4.15. The molecule has 0 spiro atoms. The van der Waals surface area contributed by atoms with Crippen LogP contribution in [0.15, 0.2) is 51.9 Å². The number of nitrogens with one attached hydrogen (secondary N) is 1. The van der Waals surface area contributed by atoms with Gasteiger partial charge in [0.2, 0.25) is 12.2 Å². The van der Waals surface area contributed by atoms with Crippen LogP contribution in [0.25, 0.3) is 11.0 Å². The second-order valence-corrected chi connectivity index (χ2v) is 6.83. The van der Waals surface area contributed by atoms with Crippen molar-refractivity contribution in [2.45, 2.75) is 25.3 Å². The number of benzene rings is 1. The van der Waals surface area contributed by atoms with Crippen molar-refractivity contribution in [1.82, 2.24) is 19.9 Å². The van der Waals surface area contributed by atoms with E-state index in [9.17, 15) is 13.6 Å². The van der Waals surface area contributed by atoms with Crippen LogP contribution in [0.2, 0.25) is 0 Å². The van der Waals surface area contributed by atoms with Gasteiger partial charge < -0.3 is 18.7 Å². The minimum atomic E-state index is -2.63. The topological polar surface area (TPSA) is 88.2 Å². The summed E-state index contributed by atoms with van der Waals surface area (Å²) < 4.78 is 36.9. The molecule has 1 amide bonds. The van der Waals surface area contributed by atoms with Crippen LogP contribution in [0.1, 0.15) is 39.4 Å². The van der Waals surface area contributed by atoms with E-state index in [2.05, 4.69) is 15.0 Å². The summed E-state index contributed by atoms with van der Waals surface area (Å²) >= 11 is 0. The van der Waals surface area contributed by atoms with E-state index in [1.165, 1.54) is 4.90 Å². The lowest BCUT2D eigenvalue weighted by Crippen LogP contribution is -2.41. The monoisotopic (exact) mass is 398 g/mol. The number of halogens is 2. The predicted octanol–water partition coefficient (Wildman–Crippen LogP) is 3.74. The van der Waals surface area contributed by atoms with E-state index < -0.39 is 24.8 Å². The first-order valence-electron chi connectivity index (χ1n) is 9.14.